The Labute approximate surface area is 195 Å². The highest BCUT2D eigenvalue weighted by Crippen LogP contribution is 2.26. The van der Waals surface area contributed by atoms with Gasteiger partial charge in [-0.3, -0.25) is 19.9 Å². The highest BCUT2D eigenvalue weighted by atomic mass is 32.2. The first kappa shape index (κ1) is 21.3. The van der Waals surface area contributed by atoms with Crippen LogP contribution in [0, 0.1) is 12.3 Å². The molecule has 1 amide bonds. The summed E-state index contributed by atoms with van der Waals surface area (Å²) in [6, 6.07) is 17.1. The highest BCUT2D eigenvalue weighted by molar-refractivity contribution is 7.99. The zero-order valence-electron chi connectivity index (χ0n) is 18.2. The second-order valence-corrected chi connectivity index (χ2v) is 8.85. The Morgan fingerprint density at radius 3 is 2.52 bits per heavy atom. The SMILES string of the molecule is Cc1[nH]nc2nc(SCC(=O)N3CCCC3)n(-c3ccc(Oc4ccccc4)cc3)c(=N)c12. The maximum Gasteiger partial charge on any atom is 0.233 e. The standard InChI is InChI=1S/C24H24N6O2S/c1-16-21-22(25)30(17-9-11-19(12-10-17)32-18-7-3-2-4-8-18)24(26-23(21)28-27-16)33-15-20(31)29-13-5-6-14-29/h2-4,7-12,25H,5-6,13-15H2,1H3,(H,27,28). The molecule has 168 valence electrons. The lowest BCUT2D eigenvalue weighted by Gasteiger charge is -2.17. The summed E-state index contributed by atoms with van der Waals surface area (Å²) in [5.41, 5.74) is 2.31. The molecule has 0 spiro atoms. The van der Waals surface area contributed by atoms with Crippen molar-refractivity contribution in [3.63, 3.8) is 0 Å². The Hall–Kier alpha value is -3.59. The number of carbonyl (C=O) groups excluding carboxylic acids is 1. The van der Waals surface area contributed by atoms with Gasteiger partial charge in [0, 0.05) is 24.5 Å². The third-order valence-electron chi connectivity index (χ3n) is 5.64. The number of fused-ring (bicyclic) bond motifs is 1. The van der Waals surface area contributed by atoms with E-state index in [9.17, 15) is 4.79 Å². The van der Waals surface area contributed by atoms with Gasteiger partial charge < -0.3 is 9.64 Å². The van der Waals surface area contributed by atoms with Gasteiger partial charge in [0.25, 0.3) is 0 Å². The average molecular weight is 461 g/mol. The topological polar surface area (TPSA) is 99.9 Å². The molecule has 3 heterocycles. The molecule has 1 aliphatic rings. The fourth-order valence-electron chi connectivity index (χ4n) is 3.94. The van der Waals surface area contributed by atoms with Crippen LogP contribution in [0.2, 0.25) is 0 Å². The zero-order valence-corrected chi connectivity index (χ0v) is 19.1. The van der Waals surface area contributed by atoms with Gasteiger partial charge in [0.1, 0.15) is 17.0 Å². The fourth-order valence-corrected chi connectivity index (χ4v) is 4.85. The summed E-state index contributed by atoms with van der Waals surface area (Å²) in [7, 11) is 0. The molecule has 0 unspecified atom stereocenters. The summed E-state index contributed by atoms with van der Waals surface area (Å²) in [6.07, 6.45) is 2.11. The Bertz CT molecular complexity index is 1340. The minimum Gasteiger partial charge on any atom is -0.457 e. The van der Waals surface area contributed by atoms with Crippen LogP contribution < -0.4 is 10.2 Å². The summed E-state index contributed by atoms with van der Waals surface area (Å²) in [5.74, 6) is 1.83. The first-order valence-electron chi connectivity index (χ1n) is 10.9. The lowest BCUT2D eigenvalue weighted by molar-refractivity contribution is -0.127. The number of H-pyrrole nitrogens is 1. The number of hydrogen-bond donors (Lipinski definition) is 2. The van der Waals surface area contributed by atoms with Crippen molar-refractivity contribution in [1.29, 1.82) is 5.41 Å². The summed E-state index contributed by atoms with van der Waals surface area (Å²) in [4.78, 5) is 19.2. The summed E-state index contributed by atoms with van der Waals surface area (Å²) in [6.45, 7) is 3.51. The van der Waals surface area contributed by atoms with E-state index in [2.05, 4.69) is 15.2 Å². The number of benzene rings is 2. The van der Waals surface area contributed by atoms with Gasteiger partial charge in [0.15, 0.2) is 10.8 Å². The van der Waals surface area contributed by atoms with E-state index in [4.69, 9.17) is 10.1 Å². The van der Waals surface area contributed by atoms with Crippen molar-refractivity contribution in [2.75, 3.05) is 18.8 Å². The van der Waals surface area contributed by atoms with Gasteiger partial charge in [-0.25, -0.2) is 4.98 Å². The third-order valence-corrected chi connectivity index (χ3v) is 6.56. The predicted molar refractivity (Wildman–Crippen MR) is 127 cm³/mol. The molecule has 2 aromatic heterocycles. The van der Waals surface area contributed by atoms with Crippen LogP contribution in [0.1, 0.15) is 18.5 Å². The minimum atomic E-state index is 0.0993. The van der Waals surface area contributed by atoms with Crippen molar-refractivity contribution in [1.82, 2.24) is 24.6 Å². The van der Waals surface area contributed by atoms with Crippen molar-refractivity contribution in [3.05, 3.63) is 65.8 Å². The first-order chi connectivity index (χ1) is 16.1. The average Bonchev–Trinajstić information content (AvgIpc) is 3.50. The van der Waals surface area contributed by atoms with Gasteiger partial charge >= 0.3 is 0 Å². The van der Waals surface area contributed by atoms with E-state index >= 15 is 0 Å². The van der Waals surface area contributed by atoms with Crippen LogP contribution in [0.5, 0.6) is 11.5 Å². The van der Waals surface area contributed by atoms with Gasteiger partial charge in [-0.05, 0) is 56.2 Å². The van der Waals surface area contributed by atoms with Gasteiger partial charge in [-0.2, -0.15) is 5.10 Å². The number of aryl methyl sites for hydroxylation is 1. The smallest absolute Gasteiger partial charge is 0.233 e. The van der Waals surface area contributed by atoms with Crippen LogP contribution in [0.4, 0.5) is 0 Å². The van der Waals surface area contributed by atoms with Gasteiger partial charge in [-0.15, -0.1) is 0 Å². The maximum atomic E-state index is 12.6. The molecule has 0 saturated carbocycles. The number of carbonyl (C=O) groups is 1. The number of rotatable bonds is 6. The summed E-state index contributed by atoms with van der Waals surface area (Å²) < 4.78 is 7.66. The van der Waals surface area contributed by atoms with Crippen LogP contribution in [-0.4, -0.2) is 49.4 Å². The number of ether oxygens (including phenoxy) is 1. The first-order valence-corrected chi connectivity index (χ1v) is 11.8. The van der Waals surface area contributed by atoms with Gasteiger partial charge in [-0.1, -0.05) is 30.0 Å². The molecule has 9 heteroatoms. The molecule has 0 radical (unpaired) electrons. The largest absolute Gasteiger partial charge is 0.457 e. The number of aromatic amines is 1. The van der Waals surface area contributed by atoms with Crippen LogP contribution in [0.25, 0.3) is 16.7 Å². The highest BCUT2D eigenvalue weighted by Gasteiger charge is 2.20. The van der Waals surface area contributed by atoms with E-state index in [1.165, 1.54) is 11.8 Å². The molecule has 0 aliphatic carbocycles. The Balaban J connectivity index is 1.48. The molecule has 5 rings (SSSR count). The lowest BCUT2D eigenvalue weighted by Crippen LogP contribution is -2.29. The molecule has 0 bridgehead atoms. The molecular weight excluding hydrogens is 436 g/mol. The monoisotopic (exact) mass is 460 g/mol. The second-order valence-electron chi connectivity index (χ2n) is 7.91. The van der Waals surface area contributed by atoms with E-state index < -0.39 is 0 Å². The quantitative estimate of drug-likeness (QED) is 0.334. The summed E-state index contributed by atoms with van der Waals surface area (Å²) >= 11 is 1.34. The molecule has 0 atom stereocenters. The van der Waals surface area contributed by atoms with E-state index in [1.54, 1.807) is 4.57 Å². The Morgan fingerprint density at radius 2 is 1.79 bits per heavy atom. The number of thioether (sulfide) groups is 1. The van der Waals surface area contributed by atoms with Crippen molar-refractivity contribution >= 4 is 28.7 Å². The van der Waals surface area contributed by atoms with Crippen LogP contribution in [0.3, 0.4) is 0 Å². The minimum absolute atomic E-state index is 0.0993. The third kappa shape index (κ3) is 4.36. The van der Waals surface area contributed by atoms with E-state index in [1.807, 2.05) is 66.4 Å². The number of likely N-dealkylation sites (tertiary alicyclic amines) is 1. The lowest BCUT2D eigenvalue weighted by atomic mass is 10.2. The van der Waals surface area contributed by atoms with Crippen molar-refractivity contribution in [3.8, 4) is 17.2 Å². The van der Waals surface area contributed by atoms with Crippen molar-refractivity contribution in [2.45, 2.75) is 24.9 Å². The number of nitrogens with zero attached hydrogens (tertiary/aromatic N) is 4. The summed E-state index contributed by atoms with van der Waals surface area (Å²) in [5, 5.41) is 17.3. The van der Waals surface area contributed by atoms with Gasteiger partial charge in [0.05, 0.1) is 11.1 Å². The zero-order chi connectivity index (χ0) is 22.8. The van der Waals surface area contributed by atoms with E-state index in [0.717, 1.165) is 43.1 Å². The number of aromatic nitrogens is 4. The predicted octanol–water partition coefficient (Wildman–Crippen LogP) is 4.04. The normalized spacial score (nSPS) is 13.5. The molecule has 1 aliphatic heterocycles. The maximum absolute atomic E-state index is 12.6. The van der Waals surface area contributed by atoms with Crippen LogP contribution >= 0.6 is 11.8 Å². The van der Waals surface area contributed by atoms with Gasteiger partial charge in [0.2, 0.25) is 5.91 Å². The molecule has 2 aromatic carbocycles. The number of hydrogen-bond acceptors (Lipinski definition) is 6. The van der Waals surface area contributed by atoms with Crippen LogP contribution in [-0.2, 0) is 4.79 Å². The molecule has 4 aromatic rings. The van der Waals surface area contributed by atoms with Crippen LogP contribution in [0.15, 0.2) is 59.8 Å². The Kier molecular flexibility index (Phi) is 5.87. The molecule has 2 N–H and O–H groups in total. The number of para-hydroxylation sites is 1. The Morgan fingerprint density at radius 1 is 1.09 bits per heavy atom. The van der Waals surface area contributed by atoms with Crippen molar-refractivity contribution < 1.29 is 9.53 Å². The second kappa shape index (κ2) is 9.11. The molecule has 1 saturated heterocycles. The molecular formula is C24H24N6O2S. The van der Waals surface area contributed by atoms with Crippen molar-refractivity contribution in [2.24, 2.45) is 0 Å². The molecule has 8 nitrogen and oxygen atoms in total. The fraction of sp³-hybridized carbons (Fsp3) is 0.250. The van der Waals surface area contributed by atoms with E-state index in [0.29, 0.717) is 21.9 Å². The number of amides is 1. The molecule has 1 fully saturated rings. The number of nitrogens with one attached hydrogen (secondary N) is 2. The molecule has 33 heavy (non-hydrogen) atoms. The van der Waals surface area contributed by atoms with E-state index in [-0.39, 0.29) is 17.1 Å².